The van der Waals surface area contributed by atoms with Crippen molar-refractivity contribution in [3.63, 3.8) is 0 Å². The third kappa shape index (κ3) is 3.40. The largest absolute Gasteiger partial charge is 0.486 e. The number of rotatable bonds is 2. The molecule has 0 bridgehead atoms. The molecule has 1 heterocycles. The van der Waals surface area contributed by atoms with Crippen molar-refractivity contribution in [3.8, 4) is 11.5 Å². The minimum atomic E-state index is 0.578. The molecule has 1 aliphatic heterocycles. The van der Waals surface area contributed by atoms with E-state index in [-0.39, 0.29) is 0 Å². The van der Waals surface area contributed by atoms with Crippen LogP contribution in [0.5, 0.6) is 11.5 Å². The summed E-state index contributed by atoms with van der Waals surface area (Å²) in [6.07, 6.45) is 9.35. The first-order chi connectivity index (χ1) is 9.83. The van der Waals surface area contributed by atoms with Crippen LogP contribution in [-0.2, 0) is 0 Å². The van der Waals surface area contributed by atoms with Crippen molar-refractivity contribution >= 4 is 21.6 Å². The molecule has 3 rings (SSSR count). The van der Waals surface area contributed by atoms with Gasteiger partial charge in [0.1, 0.15) is 13.2 Å². The van der Waals surface area contributed by atoms with Gasteiger partial charge in [-0.05, 0) is 28.8 Å². The standard InChI is InChI=1S/C16H22BrNO2/c17-13-10-15-16(20-9-8-19-15)11-14(13)18-12-6-4-2-1-3-5-7-12/h10-12,18H,1-9H2. The Hall–Kier alpha value is -0.900. The number of nitrogens with one attached hydrogen (secondary N) is 1. The van der Waals surface area contributed by atoms with Crippen LogP contribution in [0.4, 0.5) is 5.69 Å². The number of anilines is 1. The predicted octanol–water partition coefficient (Wildman–Crippen LogP) is 4.75. The summed E-state index contributed by atoms with van der Waals surface area (Å²) in [6, 6.07) is 4.66. The van der Waals surface area contributed by atoms with E-state index < -0.39 is 0 Å². The van der Waals surface area contributed by atoms with Gasteiger partial charge in [0.05, 0.1) is 5.69 Å². The molecule has 1 saturated carbocycles. The molecule has 0 aromatic heterocycles. The second kappa shape index (κ2) is 6.70. The lowest BCUT2D eigenvalue weighted by Crippen LogP contribution is -2.21. The Morgan fingerprint density at radius 2 is 1.50 bits per heavy atom. The summed E-state index contributed by atoms with van der Waals surface area (Å²) in [5, 5.41) is 3.68. The van der Waals surface area contributed by atoms with Crippen LogP contribution in [0.1, 0.15) is 44.9 Å². The molecule has 1 aromatic carbocycles. The predicted molar refractivity (Wildman–Crippen MR) is 84.9 cm³/mol. The van der Waals surface area contributed by atoms with E-state index in [1.807, 2.05) is 6.07 Å². The van der Waals surface area contributed by atoms with Crippen LogP contribution in [0.15, 0.2) is 16.6 Å². The lowest BCUT2D eigenvalue weighted by molar-refractivity contribution is 0.171. The van der Waals surface area contributed by atoms with Crippen LogP contribution < -0.4 is 14.8 Å². The fraction of sp³-hybridized carbons (Fsp3) is 0.625. The minimum Gasteiger partial charge on any atom is -0.486 e. The maximum absolute atomic E-state index is 5.67. The van der Waals surface area contributed by atoms with E-state index in [4.69, 9.17) is 9.47 Å². The first kappa shape index (κ1) is 14.1. The molecule has 1 aromatic rings. The van der Waals surface area contributed by atoms with Gasteiger partial charge < -0.3 is 14.8 Å². The second-order valence-corrected chi connectivity index (χ2v) is 6.52. The second-order valence-electron chi connectivity index (χ2n) is 5.66. The van der Waals surface area contributed by atoms with E-state index in [1.165, 1.54) is 44.9 Å². The van der Waals surface area contributed by atoms with Crippen LogP contribution in [0.25, 0.3) is 0 Å². The molecule has 0 spiro atoms. The van der Waals surface area contributed by atoms with E-state index in [1.54, 1.807) is 0 Å². The van der Waals surface area contributed by atoms with Gasteiger partial charge in [-0.3, -0.25) is 0 Å². The van der Waals surface area contributed by atoms with Crippen molar-refractivity contribution in [3.05, 3.63) is 16.6 Å². The zero-order valence-electron chi connectivity index (χ0n) is 11.8. The molecule has 0 radical (unpaired) electrons. The summed E-state index contributed by atoms with van der Waals surface area (Å²) in [5.74, 6) is 1.69. The third-order valence-electron chi connectivity index (χ3n) is 4.10. The summed E-state index contributed by atoms with van der Waals surface area (Å²) in [7, 11) is 0. The van der Waals surface area contributed by atoms with E-state index in [0.717, 1.165) is 21.7 Å². The SMILES string of the molecule is Brc1cc2c(cc1NC1CCCCCCC1)OCCO2. The summed E-state index contributed by atoms with van der Waals surface area (Å²) in [4.78, 5) is 0. The molecule has 20 heavy (non-hydrogen) atoms. The Bertz CT molecular complexity index is 456. The summed E-state index contributed by atoms with van der Waals surface area (Å²) >= 11 is 3.64. The number of ether oxygens (including phenoxy) is 2. The molecule has 0 saturated heterocycles. The number of hydrogen-bond donors (Lipinski definition) is 1. The topological polar surface area (TPSA) is 30.5 Å². The highest BCUT2D eigenvalue weighted by molar-refractivity contribution is 9.10. The molecule has 1 fully saturated rings. The van der Waals surface area contributed by atoms with Gasteiger partial charge >= 0.3 is 0 Å². The maximum Gasteiger partial charge on any atom is 0.163 e. The number of fused-ring (bicyclic) bond motifs is 1. The molecule has 0 amide bonds. The number of halogens is 1. The normalized spacial score (nSPS) is 20.1. The lowest BCUT2D eigenvalue weighted by Gasteiger charge is -2.25. The van der Waals surface area contributed by atoms with E-state index in [9.17, 15) is 0 Å². The van der Waals surface area contributed by atoms with Crippen molar-refractivity contribution < 1.29 is 9.47 Å². The molecule has 110 valence electrons. The van der Waals surface area contributed by atoms with Crippen molar-refractivity contribution in [2.75, 3.05) is 18.5 Å². The highest BCUT2D eigenvalue weighted by atomic mass is 79.9. The number of hydrogen-bond acceptors (Lipinski definition) is 3. The lowest BCUT2D eigenvalue weighted by atomic mass is 9.96. The Labute approximate surface area is 129 Å². The molecular formula is C16H22BrNO2. The summed E-state index contributed by atoms with van der Waals surface area (Å²) in [6.45, 7) is 1.27. The summed E-state index contributed by atoms with van der Waals surface area (Å²) in [5.41, 5.74) is 1.12. The van der Waals surface area contributed by atoms with Crippen molar-refractivity contribution in [1.29, 1.82) is 0 Å². The maximum atomic E-state index is 5.67. The van der Waals surface area contributed by atoms with Gasteiger partial charge in [-0.25, -0.2) is 0 Å². The van der Waals surface area contributed by atoms with Crippen LogP contribution in [-0.4, -0.2) is 19.3 Å². The highest BCUT2D eigenvalue weighted by Gasteiger charge is 2.17. The monoisotopic (exact) mass is 339 g/mol. The van der Waals surface area contributed by atoms with Gasteiger partial charge in [0, 0.05) is 22.6 Å². The van der Waals surface area contributed by atoms with Gasteiger partial charge in [0.2, 0.25) is 0 Å². The molecule has 3 nitrogen and oxygen atoms in total. The average Bonchev–Trinajstić information content (AvgIpc) is 2.42. The Balaban J connectivity index is 1.72. The quantitative estimate of drug-likeness (QED) is 0.843. The zero-order chi connectivity index (χ0) is 13.8. The highest BCUT2D eigenvalue weighted by Crippen LogP contribution is 2.38. The first-order valence-electron chi connectivity index (χ1n) is 7.68. The van der Waals surface area contributed by atoms with Crippen molar-refractivity contribution in [2.45, 2.75) is 51.0 Å². The molecular weight excluding hydrogens is 318 g/mol. The van der Waals surface area contributed by atoms with E-state index in [0.29, 0.717) is 19.3 Å². The van der Waals surface area contributed by atoms with Crippen LogP contribution >= 0.6 is 15.9 Å². The zero-order valence-corrected chi connectivity index (χ0v) is 13.4. The first-order valence-corrected chi connectivity index (χ1v) is 8.48. The van der Waals surface area contributed by atoms with E-state index in [2.05, 4.69) is 27.3 Å². The molecule has 1 aliphatic carbocycles. The fourth-order valence-corrected chi connectivity index (χ4v) is 3.43. The minimum absolute atomic E-state index is 0.578. The number of benzene rings is 1. The van der Waals surface area contributed by atoms with Gasteiger partial charge in [0.25, 0.3) is 0 Å². The van der Waals surface area contributed by atoms with Gasteiger partial charge in [-0.2, -0.15) is 0 Å². The Morgan fingerprint density at radius 3 is 2.20 bits per heavy atom. The molecule has 2 aliphatic rings. The third-order valence-corrected chi connectivity index (χ3v) is 4.75. The smallest absolute Gasteiger partial charge is 0.163 e. The van der Waals surface area contributed by atoms with Crippen LogP contribution in [0.3, 0.4) is 0 Å². The Morgan fingerprint density at radius 1 is 0.900 bits per heavy atom. The molecule has 0 unspecified atom stereocenters. The van der Waals surface area contributed by atoms with E-state index >= 15 is 0 Å². The van der Waals surface area contributed by atoms with Crippen molar-refractivity contribution in [1.82, 2.24) is 0 Å². The summed E-state index contributed by atoms with van der Waals surface area (Å²) < 4.78 is 12.3. The van der Waals surface area contributed by atoms with Crippen molar-refractivity contribution in [2.24, 2.45) is 0 Å². The molecule has 0 atom stereocenters. The van der Waals surface area contributed by atoms with Crippen LogP contribution in [0.2, 0.25) is 0 Å². The fourth-order valence-electron chi connectivity index (χ4n) is 2.99. The van der Waals surface area contributed by atoms with Gasteiger partial charge in [0.15, 0.2) is 11.5 Å². The molecule has 4 heteroatoms. The average molecular weight is 340 g/mol. The van der Waals surface area contributed by atoms with Gasteiger partial charge in [-0.1, -0.05) is 32.1 Å². The Kier molecular flexibility index (Phi) is 4.71. The van der Waals surface area contributed by atoms with Crippen LogP contribution in [0, 0.1) is 0 Å². The molecule has 1 N–H and O–H groups in total. The van der Waals surface area contributed by atoms with Gasteiger partial charge in [-0.15, -0.1) is 0 Å².